The van der Waals surface area contributed by atoms with Crippen molar-refractivity contribution in [2.75, 3.05) is 5.84 Å². The van der Waals surface area contributed by atoms with Gasteiger partial charge in [0.2, 0.25) is 0 Å². The van der Waals surface area contributed by atoms with Crippen molar-refractivity contribution >= 4 is 16.7 Å². The predicted molar refractivity (Wildman–Crippen MR) is 53.1 cm³/mol. The van der Waals surface area contributed by atoms with Gasteiger partial charge >= 0.3 is 0 Å². The Morgan fingerprint density at radius 3 is 2.77 bits per heavy atom. The molecule has 0 atom stereocenters. The summed E-state index contributed by atoms with van der Waals surface area (Å²) in [6.07, 6.45) is 1.77. The number of hydrogen-bond donors (Lipinski definition) is 3. The van der Waals surface area contributed by atoms with Gasteiger partial charge in [-0.3, -0.25) is 10.1 Å². The van der Waals surface area contributed by atoms with Gasteiger partial charge in [0, 0.05) is 17.1 Å². The number of nitrogen functional groups attached to an aromatic ring is 2. The first-order valence-corrected chi connectivity index (χ1v) is 3.89. The van der Waals surface area contributed by atoms with Crippen LogP contribution in [0.15, 0.2) is 30.5 Å². The highest BCUT2D eigenvalue weighted by Gasteiger charge is 2.01. The number of aromatic nitrogens is 1. The molecule has 0 spiro atoms. The lowest BCUT2D eigenvalue weighted by Gasteiger charge is -1.99. The van der Waals surface area contributed by atoms with Crippen LogP contribution in [0.3, 0.4) is 0 Å². The Labute approximate surface area is 75.2 Å². The van der Waals surface area contributed by atoms with Crippen molar-refractivity contribution in [1.29, 1.82) is 5.41 Å². The van der Waals surface area contributed by atoms with Gasteiger partial charge in [-0.05, 0) is 24.3 Å². The summed E-state index contributed by atoms with van der Waals surface area (Å²) in [6, 6.07) is 7.38. The van der Waals surface area contributed by atoms with Crippen molar-refractivity contribution in [2.45, 2.75) is 0 Å². The summed E-state index contributed by atoms with van der Waals surface area (Å²) < 4.78 is 1.54. The third-order valence-corrected chi connectivity index (χ3v) is 2.03. The first-order chi connectivity index (χ1) is 6.18. The molecule has 13 heavy (non-hydrogen) atoms. The topological polar surface area (TPSA) is 80.8 Å². The SMILES string of the molecule is N=C(N)c1ccc2c(ccn2N)c1. The fourth-order valence-corrected chi connectivity index (χ4v) is 1.33. The predicted octanol–water partition coefficient (Wildman–Crippen LogP) is 0.639. The molecule has 0 aliphatic carbocycles. The van der Waals surface area contributed by atoms with Gasteiger partial charge in [0.15, 0.2) is 0 Å². The molecule has 0 radical (unpaired) electrons. The van der Waals surface area contributed by atoms with Crippen LogP contribution in [0.5, 0.6) is 0 Å². The largest absolute Gasteiger partial charge is 0.384 e. The number of hydrogen-bond acceptors (Lipinski definition) is 2. The average molecular weight is 174 g/mol. The highest BCUT2D eigenvalue weighted by atomic mass is 15.3. The zero-order valence-electron chi connectivity index (χ0n) is 6.99. The molecular formula is C9H10N4. The fourth-order valence-electron chi connectivity index (χ4n) is 1.33. The van der Waals surface area contributed by atoms with E-state index in [-0.39, 0.29) is 5.84 Å². The van der Waals surface area contributed by atoms with Crippen molar-refractivity contribution in [3.8, 4) is 0 Å². The van der Waals surface area contributed by atoms with Crippen molar-refractivity contribution in [3.05, 3.63) is 36.0 Å². The van der Waals surface area contributed by atoms with Crippen LogP contribution in [0.4, 0.5) is 0 Å². The first-order valence-electron chi connectivity index (χ1n) is 3.89. The van der Waals surface area contributed by atoms with Gasteiger partial charge in [-0.25, -0.2) is 0 Å². The molecule has 0 saturated heterocycles. The lowest BCUT2D eigenvalue weighted by molar-refractivity contribution is 1.07. The van der Waals surface area contributed by atoms with Crippen LogP contribution in [0, 0.1) is 5.41 Å². The van der Waals surface area contributed by atoms with E-state index >= 15 is 0 Å². The molecular weight excluding hydrogens is 164 g/mol. The second kappa shape index (κ2) is 2.52. The highest BCUT2D eigenvalue weighted by Crippen LogP contribution is 2.15. The Hall–Kier alpha value is -1.97. The second-order valence-corrected chi connectivity index (χ2v) is 2.91. The number of nitrogens with one attached hydrogen (secondary N) is 1. The monoisotopic (exact) mass is 174 g/mol. The standard InChI is InChI=1S/C9H10N4/c10-9(11)7-1-2-8-6(5-7)3-4-13(8)12/h1-5H,12H2,(H3,10,11). The van der Waals surface area contributed by atoms with Crippen LogP contribution in [-0.2, 0) is 0 Å². The van der Waals surface area contributed by atoms with Gasteiger partial charge in [-0.15, -0.1) is 0 Å². The van der Waals surface area contributed by atoms with Gasteiger partial charge < -0.3 is 11.6 Å². The minimum absolute atomic E-state index is 0.0756. The summed E-state index contributed by atoms with van der Waals surface area (Å²) in [4.78, 5) is 0. The Morgan fingerprint density at radius 1 is 1.31 bits per heavy atom. The Kier molecular flexibility index (Phi) is 1.48. The third-order valence-electron chi connectivity index (χ3n) is 2.03. The van der Waals surface area contributed by atoms with Crippen molar-refractivity contribution < 1.29 is 0 Å². The Balaban J connectivity index is 2.70. The van der Waals surface area contributed by atoms with Crippen LogP contribution in [0.1, 0.15) is 5.56 Å². The lowest BCUT2D eigenvalue weighted by Crippen LogP contribution is -2.11. The van der Waals surface area contributed by atoms with E-state index in [9.17, 15) is 0 Å². The van der Waals surface area contributed by atoms with Gasteiger partial charge in [0.05, 0.1) is 5.52 Å². The fraction of sp³-hybridized carbons (Fsp3) is 0. The molecule has 1 heterocycles. The van der Waals surface area contributed by atoms with Crippen LogP contribution in [-0.4, -0.2) is 10.5 Å². The van der Waals surface area contributed by atoms with Crippen LogP contribution < -0.4 is 11.6 Å². The van der Waals surface area contributed by atoms with Gasteiger partial charge in [0.1, 0.15) is 5.84 Å². The number of nitrogens with two attached hydrogens (primary N) is 2. The normalized spacial score (nSPS) is 10.5. The number of fused-ring (bicyclic) bond motifs is 1. The van der Waals surface area contributed by atoms with Crippen LogP contribution in [0.2, 0.25) is 0 Å². The molecule has 1 aromatic heterocycles. The summed E-state index contributed by atoms with van der Waals surface area (Å²) in [5, 5.41) is 8.25. The highest BCUT2D eigenvalue weighted by molar-refractivity contribution is 5.98. The Morgan fingerprint density at radius 2 is 2.08 bits per heavy atom. The molecule has 0 aliphatic rings. The number of benzene rings is 1. The van der Waals surface area contributed by atoms with E-state index in [1.165, 1.54) is 0 Å². The van der Waals surface area contributed by atoms with Crippen molar-refractivity contribution in [3.63, 3.8) is 0 Å². The lowest BCUT2D eigenvalue weighted by atomic mass is 10.1. The molecule has 0 unspecified atom stereocenters. The molecule has 66 valence electrons. The van der Waals surface area contributed by atoms with Crippen LogP contribution in [0.25, 0.3) is 10.9 Å². The maximum absolute atomic E-state index is 7.26. The molecule has 2 aromatic rings. The van der Waals surface area contributed by atoms with E-state index in [2.05, 4.69) is 0 Å². The van der Waals surface area contributed by atoms with E-state index in [1.54, 1.807) is 16.9 Å². The molecule has 4 nitrogen and oxygen atoms in total. The molecule has 0 fully saturated rings. The van der Waals surface area contributed by atoms with E-state index < -0.39 is 0 Å². The number of nitrogens with zero attached hydrogens (tertiary/aromatic N) is 1. The number of rotatable bonds is 1. The molecule has 4 heteroatoms. The maximum atomic E-state index is 7.26. The van der Waals surface area contributed by atoms with Gasteiger partial charge in [-0.1, -0.05) is 0 Å². The van der Waals surface area contributed by atoms with Crippen molar-refractivity contribution in [2.24, 2.45) is 5.73 Å². The Bertz CT molecular complexity index is 469. The molecule has 0 aliphatic heterocycles. The van der Waals surface area contributed by atoms with E-state index in [0.717, 1.165) is 16.5 Å². The second-order valence-electron chi connectivity index (χ2n) is 2.91. The minimum atomic E-state index is 0.0756. The third kappa shape index (κ3) is 1.12. The quantitative estimate of drug-likeness (QED) is 0.337. The molecule has 5 N–H and O–H groups in total. The summed E-state index contributed by atoms with van der Waals surface area (Å²) in [5.74, 6) is 5.71. The smallest absolute Gasteiger partial charge is 0.122 e. The minimum Gasteiger partial charge on any atom is -0.384 e. The molecule has 1 aromatic carbocycles. The zero-order valence-corrected chi connectivity index (χ0v) is 6.99. The van der Waals surface area contributed by atoms with E-state index in [4.69, 9.17) is 17.0 Å². The molecule has 0 saturated carbocycles. The molecule has 2 rings (SSSR count). The van der Waals surface area contributed by atoms with Crippen molar-refractivity contribution in [1.82, 2.24) is 4.68 Å². The van der Waals surface area contributed by atoms with E-state index in [1.807, 2.05) is 18.2 Å². The summed E-state index contributed by atoms with van der Waals surface area (Å²) in [7, 11) is 0. The molecule has 0 amide bonds. The maximum Gasteiger partial charge on any atom is 0.122 e. The first kappa shape index (κ1) is 7.67. The number of amidine groups is 1. The van der Waals surface area contributed by atoms with Gasteiger partial charge in [0.25, 0.3) is 0 Å². The molecule has 0 bridgehead atoms. The zero-order chi connectivity index (χ0) is 9.42. The van der Waals surface area contributed by atoms with Gasteiger partial charge in [-0.2, -0.15) is 0 Å². The average Bonchev–Trinajstić information content (AvgIpc) is 2.47. The summed E-state index contributed by atoms with van der Waals surface area (Å²) in [5.41, 5.74) is 7.01. The van der Waals surface area contributed by atoms with Crippen LogP contribution >= 0.6 is 0 Å². The van der Waals surface area contributed by atoms with E-state index in [0.29, 0.717) is 0 Å². The summed E-state index contributed by atoms with van der Waals surface area (Å²) in [6.45, 7) is 0. The summed E-state index contributed by atoms with van der Waals surface area (Å²) >= 11 is 0.